The first-order chi connectivity index (χ1) is 8.97. The Balaban J connectivity index is 2.69. The largest absolute Gasteiger partial charge is 0.480 e. The van der Waals surface area contributed by atoms with Crippen molar-refractivity contribution in [3.8, 4) is 0 Å². The molecule has 0 spiro atoms. The second kappa shape index (κ2) is 6.89. The molecule has 0 aliphatic rings. The molecule has 0 aliphatic heterocycles. The summed E-state index contributed by atoms with van der Waals surface area (Å²) in [5.74, 6) is -1.48. The van der Waals surface area contributed by atoms with Crippen molar-refractivity contribution in [2.24, 2.45) is 0 Å². The van der Waals surface area contributed by atoms with Crippen LogP contribution in [0.2, 0.25) is 0 Å². The molecule has 0 saturated heterocycles. The standard InChI is InChI=1S/C12H19N3O4/c1-7-10(8(2)15-14-7)11(16)13-9(12(17)18)5-4-6-19-3/h9H,4-6H2,1-3H3,(H,13,16)(H,14,15)(H,17,18). The summed E-state index contributed by atoms with van der Waals surface area (Å²) >= 11 is 0. The zero-order chi connectivity index (χ0) is 14.4. The number of aryl methyl sites for hydroxylation is 2. The molecule has 1 amide bonds. The van der Waals surface area contributed by atoms with Gasteiger partial charge in [-0.1, -0.05) is 0 Å². The van der Waals surface area contributed by atoms with E-state index in [4.69, 9.17) is 9.84 Å². The molecular formula is C12H19N3O4. The van der Waals surface area contributed by atoms with Gasteiger partial charge in [0, 0.05) is 19.4 Å². The van der Waals surface area contributed by atoms with Crippen molar-refractivity contribution < 1.29 is 19.4 Å². The van der Waals surface area contributed by atoms with Crippen molar-refractivity contribution in [3.63, 3.8) is 0 Å². The van der Waals surface area contributed by atoms with Gasteiger partial charge < -0.3 is 15.2 Å². The molecule has 1 rings (SSSR count). The van der Waals surface area contributed by atoms with Gasteiger partial charge in [-0.25, -0.2) is 4.79 Å². The van der Waals surface area contributed by atoms with Crippen LogP contribution in [0, 0.1) is 13.8 Å². The minimum atomic E-state index is -1.05. The van der Waals surface area contributed by atoms with Crippen LogP contribution in [0.4, 0.5) is 0 Å². The zero-order valence-corrected chi connectivity index (χ0v) is 11.3. The van der Waals surface area contributed by atoms with Gasteiger partial charge in [-0.3, -0.25) is 9.89 Å². The maximum Gasteiger partial charge on any atom is 0.326 e. The summed E-state index contributed by atoms with van der Waals surface area (Å²) in [5, 5.41) is 18.2. The summed E-state index contributed by atoms with van der Waals surface area (Å²) in [6.45, 7) is 3.87. The van der Waals surface area contributed by atoms with Crippen molar-refractivity contribution in [1.82, 2.24) is 15.5 Å². The highest BCUT2D eigenvalue weighted by Crippen LogP contribution is 2.10. The highest BCUT2D eigenvalue weighted by atomic mass is 16.5. The number of nitrogens with one attached hydrogen (secondary N) is 2. The molecule has 3 N–H and O–H groups in total. The number of methoxy groups -OCH3 is 1. The Kier molecular flexibility index (Phi) is 5.50. The number of aromatic amines is 1. The van der Waals surface area contributed by atoms with E-state index in [9.17, 15) is 9.59 Å². The Morgan fingerprint density at radius 2 is 2.16 bits per heavy atom. The summed E-state index contributed by atoms with van der Waals surface area (Å²) in [5.41, 5.74) is 1.57. The SMILES string of the molecule is COCCCC(NC(=O)c1c(C)n[nH]c1C)C(=O)O. The van der Waals surface area contributed by atoms with E-state index in [1.165, 1.54) is 0 Å². The van der Waals surface area contributed by atoms with E-state index in [1.54, 1.807) is 21.0 Å². The Morgan fingerprint density at radius 1 is 1.47 bits per heavy atom. The molecule has 0 fully saturated rings. The molecule has 0 radical (unpaired) electrons. The van der Waals surface area contributed by atoms with Crippen molar-refractivity contribution in [2.75, 3.05) is 13.7 Å². The van der Waals surface area contributed by atoms with Crippen LogP contribution in [0.15, 0.2) is 0 Å². The molecule has 0 aromatic carbocycles. The average Bonchev–Trinajstić information content (AvgIpc) is 2.67. The lowest BCUT2D eigenvalue weighted by Crippen LogP contribution is -2.41. The van der Waals surface area contributed by atoms with Crippen LogP contribution in [0.25, 0.3) is 0 Å². The maximum absolute atomic E-state index is 12.0. The fraction of sp³-hybridized carbons (Fsp3) is 0.583. The van der Waals surface area contributed by atoms with Gasteiger partial charge in [-0.2, -0.15) is 5.10 Å². The third-order valence-electron chi connectivity index (χ3n) is 2.80. The fourth-order valence-corrected chi connectivity index (χ4v) is 1.81. The summed E-state index contributed by atoms with van der Waals surface area (Å²) < 4.78 is 4.87. The Morgan fingerprint density at radius 3 is 2.63 bits per heavy atom. The van der Waals surface area contributed by atoms with E-state index in [2.05, 4.69) is 15.5 Å². The molecule has 1 aromatic heterocycles. The molecule has 0 bridgehead atoms. The Hall–Kier alpha value is -1.89. The number of nitrogens with zero attached hydrogens (tertiary/aromatic N) is 1. The third-order valence-corrected chi connectivity index (χ3v) is 2.80. The maximum atomic E-state index is 12.0. The molecule has 0 aliphatic carbocycles. The molecule has 1 atom stereocenters. The number of aromatic nitrogens is 2. The number of hydrogen-bond donors (Lipinski definition) is 3. The number of amides is 1. The Labute approximate surface area is 111 Å². The number of carbonyl (C=O) groups excluding carboxylic acids is 1. The first-order valence-corrected chi connectivity index (χ1v) is 6.01. The predicted molar refractivity (Wildman–Crippen MR) is 68.1 cm³/mol. The summed E-state index contributed by atoms with van der Waals surface area (Å²) in [7, 11) is 1.55. The summed E-state index contributed by atoms with van der Waals surface area (Å²) in [6.07, 6.45) is 0.891. The molecular weight excluding hydrogens is 250 g/mol. The number of aliphatic carboxylic acids is 1. The van der Waals surface area contributed by atoms with E-state index in [0.717, 1.165) is 0 Å². The lowest BCUT2D eigenvalue weighted by Gasteiger charge is -2.14. The second-order valence-electron chi connectivity index (χ2n) is 4.31. The lowest BCUT2D eigenvalue weighted by atomic mass is 10.1. The molecule has 1 aromatic rings. The average molecular weight is 269 g/mol. The van der Waals surface area contributed by atoms with Crippen LogP contribution in [0.5, 0.6) is 0 Å². The quantitative estimate of drug-likeness (QED) is 0.630. The number of rotatable bonds is 7. The topological polar surface area (TPSA) is 104 Å². The van der Waals surface area contributed by atoms with Crippen LogP contribution in [0.3, 0.4) is 0 Å². The first-order valence-electron chi connectivity index (χ1n) is 6.01. The van der Waals surface area contributed by atoms with Gasteiger partial charge in [-0.15, -0.1) is 0 Å². The van der Waals surface area contributed by atoms with Gasteiger partial charge in [0.2, 0.25) is 0 Å². The normalized spacial score (nSPS) is 12.2. The van der Waals surface area contributed by atoms with E-state index in [0.29, 0.717) is 36.4 Å². The number of carboxylic acids is 1. The van der Waals surface area contributed by atoms with Crippen LogP contribution in [-0.2, 0) is 9.53 Å². The zero-order valence-electron chi connectivity index (χ0n) is 11.3. The van der Waals surface area contributed by atoms with Crippen molar-refractivity contribution in [2.45, 2.75) is 32.7 Å². The Bertz CT molecular complexity index is 436. The summed E-state index contributed by atoms with van der Waals surface area (Å²) in [6, 6.07) is -0.920. The first kappa shape index (κ1) is 15.2. The van der Waals surface area contributed by atoms with Gasteiger partial charge >= 0.3 is 5.97 Å². The van der Waals surface area contributed by atoms with E-state index in [1.807, 2.05) is 0 Å². The van der Waals surface area contributed by atoms with Gasteiger partial charge in [0.25, 0.3) is 5.91 Å². The van der Waals surface area contributed by atoms with Gasteiger partial charge in [0.1, 0.15) is 6.04 Å². The van der Waals surface area contributed by atoms with E-state index >= 15 is 0 Å². The lowest BCUT2D eigenvalue weighted by molar-refractivity contribution is -0.139. The van der Waals surface area contributed by atoms with Crippen molar-refractivity contribution in [3.05, 3.63) is 17.0 Å². The van der Waals surface area contributed by atoms with Crippen LogP contribution >= 0.6 is 0 Å². The molecule has 1 unspecified atom stereocenters. The van der Waals surface area contributed by atoms with Crippen molar-refractivity contribution in [1.29, 1.82) is 0 Å². The van der Waals surface area contributed by atoms with Crippen LogP contribution < -0.4 is 5.32 Å². The monoisotopic (exact) mass is 269 g/mol. The number of carboxylic acid groups (broad SMARTS) is 1. The minimum Gasteiger partial charge on any atom is -0.480 e. The molecule has 7 nitrogen and oxygen atoms in total. The highest BCUT2D eigenvalue weighted by Gasteiger charge is 2.23. The highest BCUT2D eigenvalue weighted by molar-refractivity contribution is 5.98. The molecule has 1 heterocycles. The van der Waals surface area contributed by atoms with Crippen LogP contribution in [0.1, 0.15) is 34.6 Å². The molecule has 106 valence electrons. The molecule has 7 heteroatoms. The minimum absolute atomic E-state index is 0.324. The number of hydrogen-bond acceptors (Lipinski definition) is 4. The molecule has 0 saturated carbocycles. The predicted octanol–water partition coefficient (Wildman–Crippen LogP) is 0.636. The smallest absolute Gasteiger partial charge is 0.326 e. The van der Waals surface area contributed by atoms with E-state index in [-0.39, 0.29) is 0 Å². The number of carbonyl (C=O) groups is 2. The molecule has 19 heavy (non-hydrogen) atoms. The fourth-order valence-electron chi connectivity index (χ4n) is 1.81. The summed E-state index contributed by atoms with van der Waals surface area (Å²) in [4.78, 5) is 23.1. The third kappa shape index (κ3) is 4.06. The van der Waals surface area contributed by atoms with Crippen LogP contribution in [-0.4, -0.2) is 46.9 Å². The number of H-pyrrole nitrogens is 1. The van der Waals surface area contributed by atoms with Gasteiger partial charge in [0.05, 0.1) is 11.3 Å². The van der Waals surface area contributed by atoms with Crippen molar-refractivity contribution >= 4 is 11.9 Å². The van der Waals surface area contributed by atoms with Gasteiger partial charge in [-0.05, 0) is 26.7 Å². The second-order valence-corrected chi connectivity index (χ2v) is 4.31. The van der Waals surface area contributed by atoms with E-state index < -0.39 is 17.9 Å². The number of ether oxygens (including phenoxy) is 1. The van der Waals surface area contributed by atoms with Gasteiger partial charge in [0.15, 0.2) is 0 Å².